The molecule has 94 valence electrons. The Morgan fingerprint density at radius 3 is 2.26 bits per heavy atom. The van der Waals surface area contributed by atoms with Crippen molar-refractivity contribution in [1.29, 1.82) is 0 Å². The van der Waals surface area contributed by atoms with Gasteiger partial charge >= 0.3 is 0 Å². The Morgan fingerprint density at radius 1 is 0.789 bits per heavy atom. The van der Waals surface area contributed by atoms with Crippen molar-refractivity contribution in [2.75, 3.05) is 11.9 Å². The lowest BCUT2D eigenvalue weighted by atomic mass is 10.1. The molecule has 0 aliphatic rings. The molecule has 2 nitrogen and oxygen atoms in total. The molecule has 0 heterocycles. The first-order chi connectivity index (χ1) is 9.27. The SMILES string of the molecule is CN(c1ccccc1)c1c(O)ccc2ccccc12. The second-order valence-electron chi connectivity index (χ2n) is 4.55. The van der Waals surface area contributed by atoms with Gasteiger partial charge in [-0.3, -0.25) is 0 Å². The van der Waals surface area contributed by atoms with Crippen molar-refractivity contribution in [2.24, 2.45) is 0 Å². The van der Waals surface area contributed by atoms with Gasteiger partial charge in [0.2, 0.25) is 0 Å². The molecule has 0 aliphatic heterocycles. The molecule has 1 N–H and O–H groups in total. The number of anilines is 2. The maximum atomic E-state index is 10.2. The Labute approximate surface area is 112 Å². The van der Waals surface area contributed by atoms with Crippen molar-refractivity contribution in [2.45, 2.75) is 0 Å². The van der Waals surface area contributed by atoms with Crippen LogP contribution in [0.5, 0.6) is 5.75 Å². The summed E-state index contributed by atoms with van der Waals surface area (Å²) in [5.74, 6) is 0.296. The topological polar surface area (TPSA) is 23.5 Å². The lowest BCUT2D eigenvalue weighted by Crippen LogP contribution is -2.09. The van der Waals surface area contributed by atoms with Crippen molar-refractivity contribution in [3.05, 3.63) is 66.7 Å². The van der Waals surface area contributed by atoms with Gasteiger partial charge in [-0.05, 0) is 23.6 Å². The molecule has 0 aliphatic carbocycles. The molecule has 0 radical (unpaired) electrons. The van der Waals surface area contributed by atoms with E-state index in [1.54, 1.807) is 6.07 Å². The average molecular weight is 249 g/mol. The van der Waals surface area contributed by atoms with Crippen LogP contribution in [0.4, 0.5) is 11.4 Å². The van der Waals surface area contributed by atoms with E-state index in [9.17, 15) is 5.11 Å². The van der Waals surface area contributed by atoms with Gasteiger partial charge in [-0.2, -0.15) is 0 Å². The first-order valence-electron chi connectivity index (χ1n) is 6.27. The van der Waals surface area contributed by atoms with E-state index in [1.807, 2.05) is 66.5 Å². The van der Waals surface area contributed by atoms with Gasteiger partial charge in [0.15, 0.2) is 0 Å². The molecule has 0 bridgehead atoms. The van der Waals surface area contributed by atoms with E-state index in [4.69, 9.17) is 0 Å². The fraction of sp³-hybridized carbons (Fsp3) is 0.0588. The Kier molecular flexibility index (Phi) is 2.84. The molecule has 2 heteroatoms. The van der Waals surface area contributed by atoms with Crippen LogP contribution >= 0.6 is 0 Å². The number of hydrogen-bond donors (Lipinski definition) is 1. The second kappa shape index (κ2) is 4.65. The van der Waals surface area contributed by atoms with E-state index in [0.717, 1.165) is 22.1 Å². The van der Waals surface area contributed by atoms with Crippen LogP contribution in [-0.2, 0) is 0 Å². The highest BCUT2D eigenvalue weighted by molar-refractivity contribution is 5.98. The van der Waals surface area contributed by atoms with Gasteiger partial charge in [0.1, 0.15) is 5.75 Å². The van der Waals surface area contributed by atoms with Crippen molar-refractivity contribution in [3.63, 3.8) is 0 Å². The van der Waals surface area contributed by atoms with Crippen LogP contribution in [0, 0.1) is 0 Å². The van der Waals surface area contributed by atoms with Gasteiger partial charge in [0, 0.05) is 18.1 Å². The predicted octanol–water partition coefficient (Wildman–Crippen LogP) is 4.31. The summed E-state index contributed by atoms with van der Waals surface area (Å²) < 4.78 is 0. The molecule has 3 rings (SSSR count). The highest BCUT2D eigenvalue weighted by Gasteiger charge is 2.12. The van der Waals surface area contributed by atoms with E-state index >= 15 is 0 Å². The van der Waals surface area contributed by atoms with Crippen LogP contribution < -0.4 is 4.90 Å². The van der Waals surface area contributed by atoms with Gasteiger partial charge in [-0.1, -0.05) is 48.5 Å². The molecular weight excluding hydrogens is 234 g/mol. The molecule has 0 atom stereocenters. The number of para-hydroxylation sites is 1. The third-order valence-electron chi connectivity index (χ3n) is 3.36. The van der Waals surface area contributed by atoms with E-state index < -0.39 is 0 Å². The van der Waals surface area contributed by atoms with E-state index in [0.29, 0.717) is 5.75 Å². The van der Waals surface area contributed by atoms with Gasteiger partial charge in [0.05, 0.1) is 5.69 Å². The highest BCUT2D eigenvalue weighted by Crippen LogP contribution is 2.38. The number of phenols is 1. The number of benzene rings is 3. The minimum absolute atomic E-state index is 0.296. The molecule has 0 aromatic heterocycles. The van der Waals surface area contributed by atoms with E-state index in [1.165, 1.54) is 0 Å². The molecule has 3 aromatic carbocycles. The second-order valence-corrected chi connectivity index (χ2v) is 4.55. The zero-order chi connectivity index (χ0) is 13.2. The van der Waals surface area contributed by atoms with Crippen molar-refractivity contribution < 1.29 is 5.11 Å². The molecule has 0 fully saturated rings. The molecule has 19 heavy (non-hydrogen) atoms. The number of nitrogens with zero attached hydrogens (tertiary/aromatic N) is 1. The average Bonchev–Trinajstić information content (AvgIpc) is 2.47. The molecule has 0 saturated carbocycles. The maximum absolute atomic E-state index is 10.2. The largest absolute Gasteiger partial charge is 0.506 e. The lowest BCUT2D eigenvalue weighted by molar-refractivity contribution is 0.477. The smallest absolute Gasteiger partial charge is 0.139 e. The molecule has 0 spiro atoms. The standard InChI is InChI=1S/C17H15NO/c1-18(14-8-3-2-4-9-14)17-15-10-6-5-7-13(15)11-12-16(17)19/h2-12,19H,1H3. The molecule has 0 saturated heterocycles. The number of hydrogen-bond acceptors (Lipinski definition) is 2. The van der Waals surface area contributed by atoms with Crippen molar-refractivity contribution >= 4 is 22.1 Å². The number of aromatic hydroxyl groups is 1. The van der Waals surface area contributed by atoms with E-state index in [-0.39, 0.29) is 0 Å². The molecule has 0 amide bonds. The van der Waals surface area contributed by atoms with Gasteiger partial charge in [-0.25, -0.2) is 0 Å². The summed E-state index contributed by atoms with van der Waals surface area (Å²) in [6, 6.07) is 21.8. The number of rotatable bonds is 2. The fourth-order valence-electron chi connectivity index (χ4n) is 2.38. The number of fused-ring (bicyclic) bond motifs is 1. The first kappa shape index (κ1) is 11.6. The van der Waals surface area contributed by atoms with Crippen LogP contribution in [0.15, 0.2) is 66.7 Å². The summed E-state index contributed by atoms with van der Waals surface area (Å²) in [6.07, 6.45) is 0. The Hall–Kier alpha value is -2.48. The normalized spacial score (nSPS) is 10.6. The Morgan fingerprint density at radius 2 is 1.47 bits per heavy atom. The van der Waals surface area contributed by atoms with Crippen LogP contribution in [0.2, 0.25) is 0 Å². The zero-order valence-electron chi connectivity index (χ0n) is 10.7. The minimum Gasteiger partial charge on any atom is -0.506 e. The van der Waals surface area contributed by atoms with Crippen LogP contribution in [-0.4, -0.2) is 12.2 Å². The summed E-state index contributed by atoms with van der Waals surface area (Å²) >= 11 is 0. The molecule has 3 aromatic rings. The Bertz CT molecular complexity index is 707. The van der Waals surface area contributed by atoms with E-state index in [2.05, 4.69) is 6.07 Å². The first-order valence-corrected chi connectivity index (χ1v) is 6.27. The monoisotopic (exact) mass is 249 g/mol. The predicted molar refractivity (Wildman–Crippen MR) is 80.1 cm³/mol. The highest BCUT2D eigenvalue weighted by atomic mass is 16.3. The molecular formula is C17H15NO. The van der Waals surface area contributed by atoms with Crippen molar-refractivity contribution in [1.82, 2.24) is 0 Å². The van der Waals surface area contributed by atoms with Crippen LogP contribution in [0.1, 0.15) is 0 Å². The summed E-state index contributed by atoms with van der Waals surface area (Å²) in [7, 11) is 1.97. The van der Waals surface area contributed by atoms with Gasteiger partial charge in [0.25, 0.3) is 0 Å². The van der Waals surface area contributed by atoms with Crippen LogP contribution in [0.3, 0.4) is 0 Å². The summed E-state index contributed by atoms with van der Waals surface area (Å²) in [4.78, 5) is 2.01. The summed E-state index contributed by atoms with van der Waals surface area (Å²) in [6.45, 7) is 0. The Balaban J connectivity index is 2.22. The molecule has 0 unspecified atom stereocenters. The van der Waals surface area contributed by atoms with Gasteiger partial charge in [-0.15, -0.1) is 0 Å². The zero-order valence-corrected chi connectivity index (χ0v) is 10.7. The van der Waals surface area contributed by atoms with Crippen LogP contribution in [0.25, 0.3) is 10.8 Å². The van der Waals surface area contributed by atoms with Crippen molar-refractivity contribution in [3.8, 4) is 5.75 Å². The lowest BCUT2D eigenvalue weighted by Gasteiger charge is -2.22. The summed E-state index contributed by atoms with van der Waals surface area (Å²) in [5.41, 5.74) is 1.89. The minimum atomic E-state index is 0.296. The number of phenolic OH excluding ortho intramolecular Hbond substituents is 1. The summed E-state index contributed by atoms with van der Waals surface area (Å²) in [5, 5.41) is 12.4. The maximum Gasteiger partial charge on any atom is 0.139 e. The quantitative estimate of drug-likeness (QED) is 0.731. The third kappa shape index (κ3) is 2.02. The fourth-order valence-corrected chi connectivity index (χ4v) is 2.38. The third-order valence-corrected chi connectivity index (χ3v) is 3.36. The van der Waals surface area contributed by atoms with Gasteiger partial charge < -0.3 is 10.0 Å².